The summed E-state index contributed by atoms with van der Waals surface area (Å²) in [6, 6.07) is -0.831. The van der Waals surface area contributed by atoms with E-state index in [4.69, 9.17) is 0 Å². The number of ether oxygens (including phenoxy) is 1. The Kier molecular flexibility index (Phi) is 3.84. The molecule has 0 saturated heterocycles. The Balaban J connectivity index is 3.44. The van der Waals surface area contributed by atoms with E-state index in [1.165, 1.54) is 6.08 Å². The number of carbonyl (C=O) groups is 1. The number of rotatable bonds is 3. The summed E-state index contributed by atoms with van der Waals surface area (Å²) in [5.41, 5.74) is 0. The van der Waals surface area contributed by atoms with Crippen molar-refractivity contribution < 1.29 is 13.9 Å². The van der Waals surface area contributed by atoms with Crippen LogP contribution >= 0.6 is 0 Å². The maximum absolute atomic E-state index is 11.8. The van der Waals surface area contributed by atoms with E-state index in [1.54, 1.807) is 6.92 Å². The van der Waals surface area contributed by atoms with Crippen molar-refractivity contribution in [2.45, 2.75) is 13.3 Å². The standard InChI is InChI=1S/C5H7FO2/c1-2-3-5(6)8-4-7/h3-4H,2H2,1H3. The lowest BCUT2D eigenvalue weighted by molar-refractivity contribution is -0.126. The van der Waals surface area contributed by atoms with Crippen molar-refractivity contribution in [3.8, 4) is 0 Å². The molecule has 0 heterocycles. The van der Waals surface area contributed by atoms with Gasteiger partial charge in [0.1, 0.15) is 0 Å². The summed E-state index contributed by atoms with van der Waals surface area (Å²) < 4.78 is 15.6. The molecule has 0 rings (SSSR count). The number of allylic oxidation sites excluding steroid dienone is 1. The minimum Gasteiger partial charge on any atom is -0.401 e. The van der Waals surface area contributed by atoms with Crippen LogP contribution in [0.2, 0.25) is 0 Å². The van der Waals surface area contributed by atoms with Crippen molar-refractivity contribution in [3.05, 3.63) is 12.1 Å². The summed E-state index contributed by atoms with van der Waals surface area (Å²) in [6.45, 7) is 1.80. The van der Waals surface area contributed by atoms with Gasteiger partial charge in [-0.3, -0.25) is 4.79 Å². The van der Waals surface area contributed by atoms with Crippen LogP contribution < -0.4 is 0 Å². The van der Waals surface area contributed by atoms with Gasteiger partial charge in [-0.1, -0.05) is 6.92 Å². The Morgan fingerprint density at radius 1 is 1.88 bits per heavy atom. The number of hydrogen-bond donors (Lipinski definition) is 0. The fraction of sp³-hybridized carbons (Fsp3) is 0.400. The molecule has 0 radical (unpaired) electrons. The molecule has 0 saturated carbocycles. The monoisotopic (exact) mass is 118 g/mol. The van der Waals surface area contributed by atoms with Crippen LogP contribution in [-0.4, -0.2) is 6.47 Å². The first-order valence-corrected chi connectivity index (χ1v) is 2.27. The van der Waals surface area contributed by atoms with E-state index in [0.29, 0.717) is 6.42 Å². The van der Waals surface area contributed by atoms with E-state index in [1.807, 2.05) is 0 Å². The lowest BCUT2D eigenvalue weighted by Crippen LogP contribution is -1.80. The number of hydrogen-bond acceptors (Lipinski definition) is 2. The lowest BCUT2D eigenvalue weighted by Gasteiger charge is -1.86. The van der Waals surface area contributed by atoms with Crippen LogP contribution in [0.4, 0.5) is 4.39 Å². The van der Waals surface area contributed by atoms with Gasteiger partial charge < -0.3 is 4.74 Å². The van der Waals surface area contributed by atoms with Crippen LogP contribution in [0.3, 0.4) is 0 Å². The average molecular weight is 118 g/mol. The van der Waals surface area contributed by atoms with E-state index < -0.39 is 6.01 Å². The molecule has 0 aliphatic rings. The second-order valence-electron chi connectivity index (χ2n) is 1.13. The fourth-order valence-corrected chi connectivity index (χ4v) is 0.255. The predicted molar refractivity (Wildman–Crippen MR) is 26.6 cm³/mol. The quantitative estimate of drug-likeness (QED) is 0.413. The van der Waals surface area contributed by atoms with Crippen LogP contribution in [0.5, 0.6) is 0 Å². The first-order valence-electron chi connectivity index (χ1n) is 2.27. The van der Waals surface area contributed by atoms with Crippen LogP contribution in [0.1, 0.15) is 13.3 Å². The SMILES string of the molecule is CCC=C(F)OC=O. The van der Waals surface area contributed by atoms with Crippen molar-refractivity contribution in [2.75, 3.05) is 0 Å². The van der Waals surface area contributed by atoms with Gasteiger partial charge in [-0.15, -0.1) is 0 Å². The summed E-state index contributed by atoms with van der Waals surface area (Å²) in [5.74, 6) is 0. The molecular formula is C5H7FO2. The molecule has 0 unspecified atom stereocenters. The molecule has 0 atom stereocenters. The maximum atomic E-state index is 11.8. The molecule has 0 aliphatic carbocycles. The van der Waals surface area contributed by atoms with E-state index >= 15 is 0 Å². The Morgan fingerprint density at radius 2 is 2.50 bits per heavy atom. The highest BCUT2D eigenvalue weighted by molar-refractivity contribution is 5.38. The van der Waals surface area contributed by atoms with Gasteiger partial charge in [-0.2, -0.15) is 4.39 Å². The Bertz CT molecular complexity index is 98.6. The van der Waals surface area contributed by atoms with Crippen molar-refractivity contribution in [3.63, 3.8) is 0 Å². The summed E-state index contributed by atoms with van der Waals surface area (Å²) in [6.07, 6.45) is 1.70. The van der Waals surface area contributed by atoms with Crippen LogP contribution in [-0.2, 0) is 9.53 Å². The molecule has 2 nitrogen and oxygen atoms in total. The van der Waals surface area contributed by atoms with E-state index in [2.05, 4.69) is 4.74 Å². The smallest absolute Gasteiger partial charge is 0.300 e. The first-order chi connectivity index (χ1) is 3.81. The molecule has 0 fully saturated rings. The molecule has 0 amide bonds. The molecule has 0 spiro atoms. The third kappa shape index (κ3) is 3.33. The third-order valence-electron chi connectivity index (χ3n) is 0.525. The van der Waals surface area contributed by atoms with E-state index in [-0.39, 0.29) is 6.47 Å². The Morgan fingerprint density at radius 3 is 2.88 bits per heavy atom. The highest BCUT2D eigenvalue weighted by atomic mass is 19.1. The van der Waals surface area contributed by atoms with Gasteiger partial charge in [0.2, 0.25) is 0 Å². The number of halogens is 1. The molecule has 0 N–H and O–H groups in total. The van der Waals surface area contributed by atoms with Gasteiger partial charge in [0.15, 0.2) is 0 Å². The van der Waals surface area contributed by atoms with Crippen molar-refractivity contribution in [1.82, 2.24) is 0 Å². The summed E-state index contributed by atoms with van der Waals surface area (Å²) in [7, 11) is 0. The summed E-state index contributed by atoms with van der Waals surface area (Å²) >= 11 is 0. The highest BCUT2D eigenvalue weighted by Gasteiger charge is 1.87. The normalized spacial score (nSPS) is 11.0. The highest BCUT2D eigenvalue weighted by Crippen LogP contribution is 1.96. The zero-order chi connectivity index (χ0) is 6.41. The predicted octanol–water partition coefficient (Wildman–Crippen LogP) is 1.38. The Hall–Kier alpha value is -0.860. The molecule has 46 valence electrons. The van der Waals surface area contributed by atoms with Crippen LogP contribution in [0.25, 0.3) is 0 Å². The van der Waals surface area contributed by atoms with Gasteiger partial charge in [0, 0.05) is 0 Å². The molecule has 8 heavy (non-hydrogen) atoms. The van der Waals surface area contributed by atoms with Gasteiger partial charge in [-0.05, 0) is 12.5 Å². The molecule has 0 bridgehead atoms. The maximum Gasteiger partial charge on any atom is 0.300 e. The molecule has 3 heteroatoms. The minimum atomic E-state index is -0.831. The van der Waals surface area contributed by atoms with Gasteiger partial charge in [0.05, 0.1) is 0 Å². The fourth-order valence-electron chi connectivity index (χ4n) is 0.255. The van der Waals surface area contributed by atoms with Crippen LogP contribution in [0.15, 0.2) is 12.1 Å². The Labute approximate surface area is 47.0 Å². The zero-order valence-electron chi connectivity index (χ0n) is 4.56. The molecular weight excluding hydrogens is 111 g/mol. The van der Waals surface area contributed by atoms with E-state index in [9.17, 15) is 9.18 Å². The van der Waals surface area contributed by atoms with Crippen molar-refractivity contribution in [2.24, 2.45) is 0 Å². The van der Waals surface area contributed by atoms with Crippen molar-refractivity contribution >= 4 is 6.47 Å². The lowest BCUT2D eigenvalue weighted by atomic mass is 10.5. The van der Waals surface area contributed by atoms with Gasteiger partial charge in [-0.25, -0.2) is 0 Å². The van der Waals surface area contributed by atoms with Crippen molar-refractivity contribution in [1.29, 1.82) is 0 Å². The molecule has 0 aromatic carbocycles. The number of carbonyl (C=O) groups excluding carboxylic acids is 1. The first kappa shape index (κ1) is 7.14. The second kappa shape index (κ2) is 4.30. The summed E-state index contributed by atoms with van der Waals surface area (Å²) in [5, 5.41) is 0. The minimum absolute atomic E-state index is 0.0570. The molecule has 0 aromatic heterocycles. The third-order valence-corrected chi connectivity index (χ3v) is 0.525. The van der Waals surface area contributed by atoms with E-state index in [0.717, 1.165) is 0 Å². The molecule has 0 aromatic rings. The van der Waals surface area contributed by atoms with Gasteiger partial charge in [0.25, 0.3) is 12.5 Å². The summed E-state index contributed by atoms with van der Waals surface area (Å²) in [4.78, 5) is 9.39. The largest absolute Gasteiger partial charge is 0.401 e. The van der Waals surface area contributed by atoms with Crippen LogP contribution in [0, 0.1) is 0 Å². The zero-order valence-corrected chi connectivity index (χ0v) is 4.56. The van der Waals surface area contributed by atoms with Gasteiger partial charge >= 0.3 is 0 Å². The molecule has 0 aliphatic heterocycles. The topological polar surface area (TPSA) is 26.3 Å². The average Bonchev–Trinajstić information content (AvgIpc) is 1.68. The second-order valence-corrected chi connectivity index (χ2v) is 1.13.